The van der Waals surface area contributed by atoms with Gasteiger partial charge in [0.05, 0.1) is 18.6 Å². The van der Waals surface area contributed by atoms with E-state index in [0.29, 0.717) is 25.0 Å². The van der Waals surface area contributed by atoms with Crippen LogP contribution in [-0.4, -0.2) is 37.9 Å². The van der Waals surface area contributed by atoms with Crippen LogP contribution < -0.4 is 0 Å². The van der Waals surface area contributed by atoms with E-state index in [4.69, 9.17) is 14.2 Å². The minimum atomic E-state index is -0.355. The van der Waals surface area contributed by atoms with Crippen molar-refractivity contribution in [2.75, 3.05) is 13.7 Å². The standard InChI is InChI=1S/C22H22O5/c1-25-13-18-17-11-21(23)26-19(17)12-20(18)27-22(24)16-9-7-15(8-10-16)14-5-3-2-4-6-14/h2-10,17-20H,11-13H2,1H3/t17-,18-,19+,20-/m1/s1. The van der Waals surface area contributed by atoms with Gasteiger partial charge in [-0.1, -0.05) is 42.5 Å². The number of esters is 2. The molecule has 0 aromatic heterocycles. The highest BCUT2D eigenvalue weighted by molar-refractivity contribution is 5.90. The molecule has 1 saturated heterocycles. The lowest BCUT2D eigenvalue weighted by molar-refractivity contribution is -0.141. The molecule has 5 nitrogen and oxygen atoms in total. The summed E-state index contributed by atoms with van der Waals surface area (Å²) in [6, 6.07) is 17.4. The Hall–Kier alpha value is -2.66. The molecule has 5 heteroatoms. The van der Waals surface area contributed by atoms with E-state index < -0.39 is 0 Å². The van der Waals surface area contributed by atoms with Crippen molar-refractivity contribution in [3.63, 3.8) is 0 Å². The molecule has 4 atom stereocenters. The Bertz CT molecular complexity index is 814. The largest absolute Gasteiger partial charge is 0.462 e. The molecule has 0 bridgehead atoms. The van der Waals surface area contributed by atoms with E-state index in [2.05, 4.69) is 0 Å². The Morgan fingerprint density at radius 1 is 1.07 bits per heavy atom. The fourth-order valence-electron chi connectivity index (χ4n) is 4.15. The van der Waals surface area contributed by atoms with Crippen molar-refractivity contribution in [3.8, 4) is 11.1 Å². The second-order valence-corrected chi connectivity index (χ2v) is 7.14. The van der Waals surface area contributed by atoms with Gasteiger partial charge in [0.1, 0.15) is 12.2 Å². The number of fused-ring (bicyclic) bond motifs is 1. The summed E-state index contributed by atoms with van der Waals surface area (Å²) in [5.41, 5.74) is 2.66. The molecular weight excluding hydrogens is 344 g/mol. The normalized spacial score (nSPS) is 26.5. The molecule has 1 heterocycles. The zero-order valence-electron chi connectivity index (χ0n) is 15.2. The maximum Gasteiger partial charge on any atom is 0.338 e. The third kappa shape index (κ3) is 3.60. The fraction of sp³-hybridized carbons (Fsp3) is 0.364. The van der Waals surface area contributed by atoms with Gasteiger partial charge in [-0.25, -0.2) is 4.79 Å². The fourth-order valence-corrected chi connectivity index (χ4v) is 4.15. The minimum Gasteiger partial charge on any atom is -0.462 e. The van der Waals surface area contributed by atoms with E-state index in [1.54, 1.807) is 19.2 Å². The number of rotatable bonds is 5. The molecule has 2 aromatic rings. The van der Waals surface area contributed by atoms with E-state index in [1.807, 2.05) is 42.5 Å². The summed E-state index contributed by atoms with van der Waals surface area (Å²) in [5.74, 6) is -0.478. The Morgan fingerprint density at radius 3 is 2.48 bits per heavy atom. The van der Waals surface area contributed by atoms with Gasteiger partial charge in [-0.2, -0.15) is 0 Å². The quantitative estimate of drug-likeness (QED) is 0.758. The zero-order chi connectivity index (χ0) is 18.8. The highest BCUT2D eigenvalue weighted by Crippen LogP contribution is 2.43. The highest BCUT2D eigenvalue weighted by atomic mass is 16.6. The van der Waals surface area contributed by atoms with Crippen molar-refractivity contribution in [1.29, 1.82) is 0 Å². The molecule has 2 fully saturated rings. The van der Waals surface area contributed by atoms with Gasteiger partial charge in [0.25, 0.3) is 0 Å². The zero-order valence-corrected chi connectivity index (χ0v) is 15.2. The first-order valence-corrected chi connectivity index (χ1v) is 9.20. The van der Waals surface area contributed by atoms with Crippen LogP contribution in [0.2, 0.25) is 0 Å². The molecule has 140 valence electrons. The average Bonchev–Trinajstić information content (AvgIpc) is 3.19. The average molecular weight is 366 g/mol. The minimum absolute atomic E-state index is 0.0148. The van der Waals surface area contributed by atoms with Crippen molar-refractivity contribution in [3.05, 3.63) is 60.2 Å². The van der Waals surface area contributed by atoms with Crippen molar-refractivity contribution < 1.29 is 23.8 Å². The Kier molecular flexibility index (Phi) is 4.94. The Morgan fingerprint density at radius 2 is 1.78 bits per heavy atom. The molecule has 0 spiro atoms. The highest BCUT2D eigenvalue weighted by Gasteiger charge is 2.51. The van der Waals surface area contributed by atoms with Crippen LogP contribution in [0.25, 0.3) is 11.1 Å². The molecule has 0 radical (unpaired) electrons. The van der Waals surface area contributed by atoms with Gasteiger partial charge in [0, 0.05) is 25.4 Å². The molecule has 1 saturated carbocycles. The van der Waals surface area contributed by atoms with Crippen LogP contribution >= 0.6 is 0 Å². The van der Waals surface area contributed by atoms with Crippen molar-refractivity contribution in [2.24, 2.45) is 11.8 Å². The number of carbonyl (C=O) groups is 2. The first-order valence-electron chi connectivity index (χ1n) is 9.20. The topological polar surface area (TPSA) is 61.8 Å². The number of methoxy groups -OCH3 is 1. The number of ether oxygens (including phenoxy) is 3. The lowest BCUT2D eigenvalue weighted by Crippen LogP contribution is -2.29. The number of hydrogen-bond donors (Lipinski definition) is 0. The predicted octanol–water partition coefficient (Wildman–Crippen LogP) is 3.48. The molecule has 27 heavy (non-hydrogen) atoms. The predicted molar refractivity (Wildman–Crippen MR) is 99.1 cm³/mol. The number of benzene rings is 2. The Balaban J connectivity index is 1.45. The van der Waals surface area contributed by atoms with Crippen molar-refractivity contribution in [2.45, 2.75) is 25.0 Å². The van der Waals surface area contributed by atoms with Crippen LogP contribution in [-0.2, 0) is 19.0 Å². The van der Waals surface area contributed by atoms with E-state index >= 15 is 0 Å². The van der Waals surface area contributed by atoms with E-state index in [0.717, 1.165) is 11.1 Å². The van der Waals surface area contributed by atoms with Crippen LogP contribution in [0, 0.1) is 11.8 Å². The summed E-state index contributed by atoms with van der Waals surface area (Å²) in [5, 5.41) is 0. The first kappa shape index (κ1) is 17.7. The second-order valence-electron chi connectivity index (χ2n) is 7.14. The maximum absolute atomic E-state index is 12.6. The third-order valence-electron chi connectivity index (χ3n) is 5.50. The van der Waals surface area contributed by atoms with Gasteiger partial charge < -0.3 is 14.2 Å². The van der Waals surface area contributed by atoms with E-state index in [1.165, 1.54) is 0 Å². The van der Waals surface area contributed by atoms with Crippen molar-refractivity contribution in [1.82, 2.24) is 0 Å². The summed E-state index contributed by atoms with van der Waals surface area (Å²) in [4.78, 5) is 24.1. The SMILES string of the molecule is COC[C@@H]1[C@H]2CC(=O)O[C@H]2C[C@H]1OC(=O)c1ccc(-c2ccccc2)cc1. The summed E-state index contributed by atoms with van der Waals surface area (Å²) in [7, 11) is 1.62. The number of carbonyl (C=O) groups excluding carboxylic acids is 2. The van der Waals surface area contributed by atoms with Gasteiger partial charge in [0.15, 0.2) is 0 Å². The lowest BCUT2D eigenvalue weighted by Gasteiger charge is -2.22. The smallest absolute Gasteiger partial charge is 0.338 e. The third-order valence-corrected chi connectivity index (χ3v) is 5.50. The first-order chi connectivity index (χ1) is 13.2. The van der Waals surface area contributed by atoms with Gasteiger partial charge in [-0.3, -0.25) is 4.79 Å². The maximum atomic E-state index is 12.6. The van der Waals surface area contributed by atoms with Gasteiger partial charge in [-0.15, -0.1) is 0 Å². The molecule has 1 aliphatic carbocycles. The molecule has 2 aromatic carbocycles. The summed E-state index contributed by atoms with van der Waals surface area (Å²) in [6.07, 6.45) is 0.446. The monoisotopic (exact) mass is 366 g/mol. The van der Waals surface area contributed by atoms with Gasteiger partial charge in [-0.05, 0) is 23.3 Å². The van der Waals surface area contributed by atoms with Crippen LogP contribution in [0.15, 0.2) is 54.6 Å². The summed E-state index contributed by atoms with van der Waals surface area (Å²) >= 11 is 0. The van der Waals surface area contributed by atoms with Crippen LogP contribution in [0.4, 0.5) is 0 Å². The number of hydrogen-bond acceptors (Lipinski definition) is 5. The van der Waals surface area contributed by atoms with Crippen molar-refractivity contribution >= 4 is 11.9 Å². The second kappa shape index (κ2) is 7.53. The summed E-state index contributed by atoms with van der Waals surface area (Å²) < 4.78 is 16.4. The lowest BCUT2D eigenvalue weighted by atomic mass is 9.93. The Labute approximate surface area is 158 Å². The molecule has 4 rings (SSSR count). The molecule has 0 unspecified atom stereocenters. The van der Waals surface area contributed by atoms with Crippen LogP contribution in [0.1, 0.15) is 23.2 Å². The molecule has 2 aliphatic rings. The van der Waals surface area contributed by atoms with Gasteiger partial charge >= 0.3 is 11.9 Å². The van der Waals surface area contributed by atoms with E-state index in [9.17, 15) is 9.59 Å². The van der Waals surface area contributed by atoms with Gasteiger partial charge in [0.2, 0.25) is 0 Å². The van der Waals surface area contributed by atoms with Crippen LogP contribution in [0.3, 0.4) is 0 Å². The molecule has 0 amide bonds. The molecule has 0 N–H and O–H groups in total. The summed E-state index contributed by atoms with van der Waals surface area (Å²) in [6.45, 7) is 0.447. The van der Waals surface area contributed by atoms with E-state index in [-0.39, 0.29) is 36.0 Å². The molecule has 1 aliphatic heterocycles. The van der Waals surface area contributed by atoms with Crippen LogP contribution in [0.5, 0.6) is 0 Å². The molecular formula is C22H22O5.